The molecule has 6 nitrogen and oxygen atoms in total. The Balaban J connectivity index is 1.58. The van der Waals surface area contributed by atoms with E-state index in [2.05, 4.69) is 24.8 Å². The molecule has 0 saturated carbocycles. The number of carbonyl (C=O) groups excluding carboxylic acids is 1. The van der Waals surface area contributed by atoms with Crippen LogP contribution in [0.3, 0.4) is 0 Å². The molecule has 0 fully saturated rings. The average Bonchev–Trinajstić information content (AvgIpc) is 2.73. The van der Waals surface area contributed by atoms with Crippen molar-refractivity contribution in [2.24, 2.45) is 0 Å². The van der Waals surface area contributed by atoms with E-state index >= 15 is 0 Å². The molecule has 0 bridgehead atoms. The van der Waals surface area contributed by atoms with E-state index in [9.17, 15) is 22.4 Å². The first kappa shape index (κ1) is 22.3. The number of amides is 1. The van der Waals surface area contributed by atoms with E-state index < -0.39 is 13.2 Å². The van der Waals surface area contributed by atoms with Crippen LogP contribution in [0.25, 0.3) is 11.3 Å². The number of carbonyl (C=O) groups is 1. The summed E-state index contributed by atoms with van der Waals surface area (Å²) >= 11 is 1.07. The summed E-state index contributed by atoms with van der Waals surface area (Å²) in [6.07, 6.45) is 1.49. The fourth-order valence-electron chi connectivity index (χ4n) is 2.45. The molecular formula is C20H15F4N3O3S. The van der Waals surface area contributed by atoms with Crippen LogP contribution < -0.4 is 14.8 Å². The lowest BCUT2D eigenvalue weighted by Crippen LogP contribution is -2.14. The van der Waals surface area contributed by atoms with Crippen molar-refractivity contribution >= 4 is 23.4 Å². The standard InChI is InChI=1S/C20H15F4N3O3S/c21-18(22)29-14-6-4-13(5-7-14)26-17(28)11-31-20-25-9-8-16(27-20)12-2-1-3-15(10-12)30-19(23)24/h1-10,18-19H,11H2,(H,26,28). The first-order valence-electron chi connectivity index (χ1n) is 8.75. The van der Waals surface area contributed by atoms with Crippen LogP contribution in [-0.4, -0.2) is 34.9 Å². The van der Waals surface area contributed by atoms with Crippen LogP contribution in [0.2, 0.25) is 0 Å². The van der Waals surface area contributed by atoms with E-state index in [1.807, 2.05) is 0 Å². The van der Waals surface area contributed by atoms with Gasteiger partial charge in [0.1, 0.15) is 11.5 Å². The third-order valence-corrected chi connectivity index (χ3v) is 4.55. The Morgan fingerprint density at radius 3 is 2.39 bits per heavy atom. The van der Waals surface area contributed by atoms with E-state index in [1.165, 1.54) is 42.6 Å². The average molecular weight is 453 g/mol. The number of halogens is 4. The molecule has 3 rings (SSSR count). The summed E-state index contributed by atoms with van der Waals surface area (Å²) in [5.74, 6) is -0.373. The quantitative estimate of drug-likeness (QED) is 0.277. The van der Waals surface area contributed by atoms with E-state index in [4.69, 9.17) is 0 Å². The Labute approximate surface area is 178 Å². The van der Waals surface area contributed by atoms with Gasteiger partial charge < -0.3 is 14.8 Å². The number of nitrogens with one attached hydrogen (secondary N) is 1. The summed E-state index contributed by atoms with van der Waals surface area (Å²) < 4.78 is 57.7. The fraction of sp³-hybridized carbons (Fsp3) is 0.150. The molecule has 2 aromatic carbocycles. The summed E-state index contributed by atoms with van der Waals surface area (Å²) in [6, 6.07) is 13.2. The summed E-state index contributed by atoms with van der Waals surface area (Å²) in [6.45, 7) is -5.86. The van der Waals surface area contributed by atoms with Crippen molar-refractivity contribution in [3.8, 4) is 22.8 Å². The molecule has 0 aliphatic carbocycles. The normalized spacial score (nSPS) is 10.9. The van der Waals surface area contributed by atoms with Crippen LogP contribution in [0.15, 0.2) is 66.0 Å². The molecule has 11 heteroatoms. The predicted molar refractivity (Wildman–Crippen MR) is 107 cm³/mol. The summed E-state index contributed by atoms with van der Waals surface area (Å²) in [4.78, 5) is 20.5. The van der Waals surface area contributed by atoms with E-state index in [1.54, 1.807) is 18.2 Å². The van der Waals surface area contributed by atoms with Gasteiger partial charge in [-0.2, -0.15) is 17.6 Å². The number of hydrogen-bond donors (Lipinski definition) is 1. The number of ether oxygens (including phenoxy) is 2. The van der Waals surface area contributed by atoms with Gasteiger partial charge in [0.05, 0.1) is 11.4 Å². The highest BCUT2D eigenvalue weighted by atomic mass is 32.2. The van der Waals surface area contributed by atoms with E-state index in [0.29, 0.717) is 22.1 Å². The zero-order chi connectivity index (χ0) is 22.2. The molecule has 0 radical (unpaired) electrons. The van der Waals surface area contributed by atoms with Crippen molar-refractivity contribution in [1.29, 1.82) is 0 Å². The summed E-state index contributed by atoms with van der Waals surface area (Å²) in [5.41, 5.74) is 1.45. The maximum atomic E-state index is 12.4. The van der Waals surface area contributed by atoms with E-state index in [0.717, 1.165) is 11.8 Å². The Morgan fingerprint density at radius 1 is 0.968 bits per heavy atom. The van der Waals surface area contributed by atoms with Crippen molar-refractivity contribution in [2.75, 3.05) is 11.1 Å². The second-order valence-corrected chi connectivity index (χ2v) is 6.81. The molecule has 1 heterocycles. The minimum absolute atomic E-state index is 0.00432. The van der Waals surface area contributed by atoms with Gasteiger partial charge in [0.25, 0.3) is 0 Å². The number of alkyl halides is 4. The minimum Gasteiger partial charge on any atom is -0.435 e. The molecule has 0 unspecified atom stereocenters. The number of nitrogens with zero attached hydrogens (tertiary/aromatic N) is 2. The summed E-state index contributed by atoms with van der Waals surface area (Å²) in [7, 11) is 0. The van der Waals surface area contributed by atoms with Crippen LogP contribution in [0.1, 0.15) is 0 Å². The highest BCUT2D eigenvalue weighted by Crippen LogP contribution is 2.25. The first-order chi connectivity index (χ1) is 14.9. The molecule has 0 aliphatic rings. The third-order valence-electron chi connectivity index (χ3n) is 3.68. The Morgan fingerprint density at radius 2 is 1.68 bits per heavy atom. The highest BCUT2D eigenvalue weighted by Gasteiger charge is 2.10. The lowest BCUT2D eigenvalue weighted by molar-refractivity contribution is -0.113. The van der Waals surface area contributed by atoms with Crippen molar-refractivity contribution in [3.63, 3.8) is 0 Å². The zero-order valence-electron chi connectivity index (χ0n) is 15.7. The van der Waals surface area contributed by atoms with Gasteiger partial charge in [-0.3, -0.25) is 4.79 Å². The number of hydrogen-bond acceptors (Lipinski definition) is 6. The molecular weight excluding hydrogens is 438 g/mol. The maximum absolute atomic E-state index is 12.4. The number of benzene rings is 2. The predicted octanol–water partition coefficient (Wildman–Crippen LogP) is 5.08. The van der Waals surface area contributed by atoms with Gasteiger partial charge in [0.15, 0.2) is 5.16 Å². The number of rotatable bonds is 9. The lowest BCUT2D eigenvalue weighted by atomic mass is 10.1. The lowest BCUT2D eigenvalue weighted by Gasteiger charge is -2.08. The SMILES string of the molecule is O=C(CSc1nccc(-c2cccc(OC(F)F)c2)n1)Nc1ccc(OC(F)F)cc1. The minimum atomic E-state index is -2.93. The second-order valence-electron chi connectivity index (χ2n) is 5.87. The van der Waals surface area contributed by atoms with Crippen molar-refractivity contribution in [3.05, 3.63) is 60.8 Å². The molecule has 0 spiro atoms. The molecule has 0 saturated heterocycles. The zero-order valence-corrected chi connectivity index (χ0v) is 16.5. The Kier molecular flexibility index (Phi) is 7.65. The molecule has 1 N–H and O–H groups in total. The summed E-state index contributed by atoms with van der Waals surface area (Å²) in [5, 5.41) is 2.93. The van der Waals surface area contributed by atoms with Gasteiger partial charge in [-0.05, 0) is 42.5 Å². The van der Waals surface area contributed by atoms with Gasteiger partial charge in [-0.15, -0.1) is 0 Å². The topological polar surface area (TPSA) is 73.3 Å². The monoisotopic (exact) mass is 453 g/mol. The molecule has 3 aromatic rings. The Bertz CT molecular complexity index is 1020. The maximum Gasteiger partial charge on any atom is 0.387 e. The fourth-order valence-corrected chi connectivity index (χ4v) is 3.08. The van der Waals surface area contributed by atoms with E-state index in [-0.39, 0.29) is 23.2 Å². The number of aromatic nitrogens is 2. The van der Waals surface area contributed by atoms with Gasteiger partial charge >= 0.3 is 13.2 Å². The Hall–Kier alpha value is -3.34. The van der Waals surface area contributed by atoms with Crippen LogP contribution in [0.5, 0.6) is 11.5 Å². The molecule has 162 valence electrons. The van der Waals surface area contributed by atoms with Gasteiger partial charge in [0, 0.05) is 17.4 Å². The van der Waals surface area contributed by atoms with Gasteiger partial charge in [0.2, 0.25) is 5.91 Å². The number of thioether (sulfide) groups is 1. The molecule has 31 heavy (non-hydrogen) atoms. The second kappa shape index (κ2) is 10.6. The first-order valence-corrected chi connectivity index (χ1v) is 9.73. The third kappa shape index (κ3) is 7.14. The molecule has 0 aliphatic heterocycles. The number of anilines is 1. The smallest absolute Gasteiger partial charge is 0.387 e. The molecule has 0 atom stereocenters. The van der Waals surface area contributed by atoms with Crippen LogP contribution in [-0.2, 0) is 4.79 Å². The van der Waals surface area contributed by atoms with Gasteiger partial charge in [-0.25, -0.2) is 9.97 Å². The van der Waals surface area contributed by atoms with Crippen LogP contribution >= 0.6 is 11.8 Å². The van der Waals surface area contributed by atoms with Gasteiger partial charge in [-0.1, -0.05) is 23.9 Å². The molecule has 1 aromatic heterocycles. The van der Waals surface area contributed by atoms with Crippen molar-refractivity contribution in [1.82, 2.24) is 9.97 Å². The highest BCUT2D eigenvalue weighted by molar-refractivity contribution is 7.99. The molecule has 1 amide bonds. The largest absolute Gasteiger partial charge is 0.435 e. The van der Waals surface area contributed by atoms with Crippen molar-refractivity contribution in [2.45, 2.75) is 18.4 Å². The van der Waals surface area contributed by atoms with Crippen molar-refractivity contribution < 1.29 is 31.8 Å². The van der Waals surface area contributed by atoms with Crippen LogP contribution in [0.4, 0.5) is 23.2 Å². The van der Waals surface area contributed by atoms with Crippen LogP contribution in [0, 0.1) is 0 Å².